The molecule has 0 fully saturated rings. The lowest BCUT2D eigenvalue weighted by atomic mass is 10.1. The van der Waals surface area contributed by atoms with Gasteiger partial charge in [-0.2, -0.15) is 5.10 Å². The van der Waals surface area contributed by atoms with E-state index >= 15 is 0 Å². The first-order valence-corrected chi connectivity index (χ1v) is 8.09. The third-order valence-electron chi connectivity index (χ3n) is 3.98. The number of imidazole rings is 1. The molecule has 0 aliphatic heterocycles. The van der Waals surface area contributed by atoms with E-state index in [0.29, 0.717) is 16.9 Å². The minimum absolute atomic E-state index is 0.117. The molecule has 6 heteroatoms. The lowest BCUT2D eigenvalue weighted by Gasteiger charge is -2.06. The quantitative estimate of drug-likeness (QED) is 0.606. The van der Waals surface area contributed by atoms with Gasteiger partial charge in [0.1, 0.15) is 5.82 Å². The SMILES string of the molecule is CC(=O)Nc1ccc(-c2cnc3ccc(-c4cccc(F)c4)nn23)cc1. The Morgan fingerprint density at radius 2 is 1.85 bits per heavy atom. The number of carbonyl (C=O) groups excluding carboxylic acids is 1. The maximum atomic E-state index is 13.5. The zero-order chi connectivity index (χ0) is 18.1. The molecular formula is C20H15FN4O. The van der Waals surface area contributed by atoms with Crippen LogP contribution in [0.25, 0.3) is 28.2 Å². The molecule has 0 aliphatic carbocycles. The van der Waals surface area contributed by atoms with Crippen LogP contribution in [0.15, 0.2) is 66.9 Å². The zero-order valence-corrected chi connectivity index (χ0v) is 14.0. The number of halogens is 1. The molecule has 0 unspecified atom stereocenters. The van der Waals surface area contributed by atoms with Crippen LogP contribution in [0.3, 0.4) is 0 Å². The second-order valence-electron chi connectivity index (χ2n) is 5.90. The minimum Gasteiger partial charge on any atom is -0.326 e. The summed E-state index contributed by atoms with van der Waals surface area (Å²) in [6.07, 6.45) is 1.74. The lowest BCUT2D eigenvalue weighted by molar-refractivity contribution is -0.114. The van der Waals surface area contributed by atoms with Crippen molar-refractivity contribution in [2.75, 3.05) is 5.32 Å². The van der Waals surface area contributed by atoms with Crippen molar-refractivity contribution in [2.45, 2.75) is 6.92 Å². The van der Waals surface area contributed by atoms with Gasteiger partial charge in [0.25, 0.3) is 0 Å². The summed E-state index contributed by atoms with van der Waals surface area (Å²) >= 11 is 0. The van der Waals surface area contributed by atoms with Crippen molar-refractivity contribution in [3.05, 3.63) is 72.7 Å². The van der Waals surface area contributed by atoms with Gasteiger partial charge in [0.2, 0.25) is 5.91 Å². The second kappa shape index (κ2) is 6.40. The van der Waals surface area contributed by atoms with Crippen molar-refractivity contribution < 1.29 is 9.18 Å². The Labute approximate surface area is 149 Å². The topological polar surface area (TPSA) is 59.3 Å². The summed E-state index contributed by atoms with van der Waals surface area (Å²) in [6.45, 7) is 1.47. The van der Waals surface area contributed by atoms with E-state index in [4.69, 9.17) is 0 Å². The predicted octanol–water partition coefficient (Wildman–Crippen LogP) is 4.16. The van der Waals surface area contributed by atoms with Gasteiger partial charge in [0.05, 0.1) is 17.6 Å². The van der Waals surface area contributed by atoms with Crippen LogP contribution < -0.4 is 5.32 Å². The van der Waals surface area contributed by atoms with Crippen LogP contribution in [0.2, 0.25) is 0 Å². The van der Waals surface area contributed by atoms with Gasteiger partial charge in [0.15, 0.2) is 5.65 Å². The van der Waals surface area contributed by atoms with E-state index in [1.807, 2.05) is 42.5 Å². The molecule has 0 saturated heterocycles. The zero-order valence-electron chi connectivity index (χ0n) is 14.0. The van der Waals surface area contributed by atoms with Crippen molar-refractivity contribution in [2.24, 2.45) is 0 Å². The predicted molar refractivity (Wildman–Crippen MR) is 98.1 cm³/mol. The van der Waals surface area contributed by atoms with E-state index in [0.717, 1.165) is 16.9 Å². The first-order valence-electron chi connectivity index (χ1n) is 8.09. The molecule has 2 aromatic carbocycles. The fourth-order valence-electron chi connectivity index (χ4n) is 2.80. The highest BCUT2D eigenvalue weighted by atomic mass is 19.1. The van der Waals surface area contributed by atoms with Gasteiger partial charge >= 0.3 is 0 Å². The maximum absolute atomic E-state index is 13.5. The summed E-state index contributed by atoms with van der Waals surface area (Å²) in [4.78, 5) is 15.5. The number of rotatable bonds is 3. The Hall–Kier alpha value is -3.54. The molecule has 2 aromatic heterocycles. The van der Waals surface area contributed by atoms with E-state index in [1.165, 1.54) is 19.1 Å². The summed E-state index contributed by atoms with van der Waals surface area (Å²) in [5, 5.41) is 7.35. The van der Waals surface area contributed by atoms with Crippen molar-refractivity contribution in [1.82, 2.24) is 14.6 Å². The van der Waals surface area contributed by atoms with Crippen LogP contribution in [0.4, 0.5) is 10.1 Å². The highest BCUT2D eigenvalue weighted by molar-refractivity contribution is 5.88. The molecule has 0 atom stereocenters. The highest BCUT2D eigenvalue weighted by Gasteiger charge is 2.10. The number of amides is 1. The molecule has 0 bridgehead atoms. The van der Waals surface area contributed by atoms with E-state index < -0.39 is 0 Å². The summed E-state index contributed by atoms with van der Waals surface area (Å²) in [6, 6.07) is 17.4. The second-order valence-corrected chi connectivity index (χ2v) is 5.90. The van der Waals surface area contributed by atoms with Crippen LogP contribution in [-0.2, 0) is 4.79 Å². The standard InChI is InChI=1S/C20H15FN4O/c1-13(26)23-17-7-5-14(6-8-17)19-12-22-20-10-9-18(24-25(19)20)15-3-2-4-16(21)11-15/h2-12H,1H3,(H,23,26). The molecule has 4 rings (SSSR count). The number of hydrogen-bond acceptors (Lipinski definition) is 3. The number of anilines is 1. The summed E-state index contributed by atoms with van der Waals surface area (Å²) in [7, 11) is 0. The van der Waals surface area contributed by atoms with E-state index in [2.05, 4.69) is 15.4 Å². The van der Waals surface area contributed by atoms with Crippen LogP contribution in [0.5, 0.6) is 0 Å². The summed E-state index contributed by atoms with van der Waals surface area (Å²) in [5.74, 6) is -0.419. The van der Waals surface area contributed by atoms with Gasteiger partial charge in [-0.1, -0.05) is 24.3 Å². The Morgan fingerprint density at radius 1 is 1.04 bits per heavy atom. The average molecular weight is 346 g/mol. The molecule has 2 heterocycles. The first kappa shape index (κ1) is 16.0. The van der Waals surface area contributed by atoms with E-state index in [1.54, 1.807) is 16.8 Å². The molecule has 4 aromatic rings. The molecular weight excluding hydrogens is 331 g/mol. The van der Waals surface area contributed by atoms with Gasteiger partial charge in [0, 0.05) is 23.7 Å². The minimum atomic E-state index is -0.302. The smallest absolute Gasteiger partial charge is 0.221 e. The number of nitrogens with zero attached hydrogens (tertiary/aromatic N) is 3. The molecule has 0 saturated carbocycles. The third-order valence-corrected chi connectivity index (χ3v) is 3.98. The van der Waals surface area contributed by atoms with Crippen molar-refractivity contribution >= 4 is 17.2 Å². The third kappa shape index (κ3) is 3.04. The van der Waals surface area contributed by atoms with Gasteiger partial charge in [-0.25, -0.2) is 13.9 Å². The van der Waals surface area contributed by atoms with Gasteiger partial charge in [-0.15, -0.1) is 0 Å². The Kier molecular flexibility index (Phi) is 3.93. The fraction of sp³-hybridized carbons (Fsp3) is 0.0500. The van der Waals surface area contributed by atoms with Crippen molar-refractivity contribution in [3.63, 3.8) is 0 Å². The van der Waals surface area contributed by atoms with E-state index in [-0.39, 0.29) is 11.7 Å². The highest BCUT2D eigenvalue weighted by Crippen LogP contribution is 2.24. The lowest BCUT2D eigenvalue weighted by Crippen LogP contribution is -2.05. The maximum Gasteiger partial charge on any atom is 0.221 e. The van der Waals surface area contributed by atoms with Crippen LogP contribution in [0.1, 0.15) is 6.92 Å². The van der Waals surface area contributed by atoms with Gasteiger partial charge in [-0.05, 0) is 36.4 Å². The Balaban J connectivity index is 1.76. The number of hydrogen-bond donors (Lipinski definition) is 1. The molecule has 0 radical (unpaired) electrons. The number of aromatic nitrogens is 3. The molecule has 0 spiro atoms. The molecule has 1 amide bonds. The Bertz CT molecular complexity index is 1100. The van der Waals surface area contributed by atoms with Gasteiger partial charge < -0.3 is 5.32 Å². The monoisotopic (exact) mass is 346 g/mol. The molecule has 26 heavy (non-hydrogen) atoms. The van der Waals surface area contributed by atoms with Crippen LogP contribution in [0, 0.1) is 5.82 Å². The normalized spacial score (nSPS) is 10.8. The first-order chi connectivity index (χ1) is 12.6. The van der Waals surface area contributed by atoms with Crippen LogP contribution >= 0.6 is 0 Å². The number of nitrogens with one attached hydrogen (secondary N) is 1. The largest absolute Gasteiger partial charge is 0.326 e. The average Bonchev–Trinajstić information content (AvgIpc) is 3.05. The van der Waals surface area contributed by atoms with Crippen molar-refractivity contribution in [1.29, 1.82) is 0 Å². The number of benzene rings is 2. The summed E-state index contributed by atoms with van der Waals surface area (Å²) in [5.41, 5.74) is 4.51. The molecule has 0 aliphatic rings. The van der Waals surface area contributed by atoms with Crippen LogP contribution in [-0.4, -0.2) is 20.5 Å². The van der Waals surface area contributed by atoms with E-state index in [9.17, 15) is 9.18 Å². The Morgan fingerprint density at radius 3 is 2.58 bits per heavy atom. The summed E-state index contributed by atoms with van der Waals surface area (Å²) < 4.78 is 15.2. The number of fused-ring (bicyclic) bond motifs is 1. The molecule has 1 N–H and O–H groups in total. The molecule has 128 valence electrons. The van der Waals surface area contributed by atoms with Gasteiger partial charge in [-0.3, -0.25) is 4.79 Å². The van der Waals surface area contributed by atoms with Crippen molar-refractivity contribution in [3.8, 4) is 22.5 Å². The molecule has 5 nitrogen and oxygen atoms in total. The fourth-order valence-corrected chi connectivity index (χ4v) is 2.80. The number of carbonyl (C=O) groups is 1.